The van der Waals surface area contributed by atoms with E-state index in [9.17, 15) is 13.2 Å². The van der Waals surface area contributed by atoms with Crippen molar-refractivity contribution in [2.24, 2.45) is 0 Å². The lowest BCUT2D eigenvalue weighted by atomic mass is 10.1. The Bertz CT molecular complexity index is 655. The summed E-state index contributed by atoms with van der Waals surface area (Å²) >= 11 is 3.33. The molecule has 1 aliphatic rings. The van der Waals surface area contributed by atoms with E-state index in [0.29, 0.717) is 12.2 Å². The number of rotatable bonds is 1. The Hall–Kier alpha value is -1.69. The first-order valence-corrected chi connectivity index (χ1v) is 7.10. The molecule has 0 unspecified atom stereocenters. The van der Waals surface area contributed by atoms with Gasteiger partial charge in [-0.05, 0) is 29.8 Å². The van der Waals surface area contributed by atoms with Crippen LogP contribution in [0, 0.1) is 0 Å². The molecular weight excluding hydrogens is 347 g/mol. The van der Waals surface area contributed by atoms with Gasteiger partial charge in [0.1, 0.15) is 6.10 Å². The summed E-state index contributed by atoms with van der Waals surface area (Å²) in [7, 11) is 0. The molecule has 0 radical (unpaired) electrons. The normalized spacial score (nSPS) is 17.6. The van der Waals surface area contributed by atoms with Crippen molar-refractivity contribution in [2.45, 2.75) is 12.3 Å². The third kappa shape index (κ3) is 2.85. The minimum absolute atomic E-state index is 0.135. The molecule has 0 saturated carbocycles. The van der Waals surface area contributed by atoms with E-state index in [1.165, 1.54) is 6.07 Å². The molecular formula is C15H11BrF3NO. The molecule has 110 valence electrons. The first-order chi connectivity index (χ1) is 9.95. The molecule has 3 rings (SSSR count). The highest BCUT2D eigenvalue weighted by molar-refractivity contribution is 9.10. The molecule has 0 aliphatic carbocycles. The third-order valence-corrected chi connectivity index (χ3v) is 3.83. The molecule has 1 atom stereocenters. The van der Waals surface area contributed by atoms with Crippen LogP contribution in [0.15, 0.2) is 46.9 Å². The van der Waals surface area contributed by atoms with Crippen molar-refractivity contribution in [3.63, 3.8) is 0 Å². The quantitative estimate of drug-likeness (QED) is 0.774. The Balaban J connectivity index is 1.96. The molecule has 1 heterocycles. The Morgan fingerprint density at radius 2 is 1.81 bits per heavy atom. The maximum Gasteiger partial charge on any atom is 0.420 e. The molecule has 6 heteroatoms. The van der Waals surface area contributed by atoms with E-state index in [0.717, 1.165) is 16.1 Å². The summed E-state index contributed by atoms with van der Waals surface area (Å²) in [6.07, 6.45) is -4.89. The molecule has 2 aromatic rings. The van der Waals surface area contributed by atoms with Crippen molar-refractivity contribution >= 4 is 21.6 Å². The second-order valence-corrected chi connectivity index (χ2v) is 5.63. The van der Waals surface area contributed by atoms with Crippen LogP contribution in [-0.4, -0.2) is 6.54 Å². The van der Waals surface area contributed by atoms with Gasteiger partial charge in [-0.3, -0.25) is 0 Å². The van der Waals surface area contributed by atoms with Crippen molar-refractivity contribution in [1.82, 2.24) is 0 Å². The minimum Gasteiger partial charge on any atom is -0.481 e. The summed E-state index contributed by atoms with van der Waals surface area (Å²) in [6, 6.07) is 11.3. The zero-order valence-electron chi connectivity index (χ0n) is 10.7. The Labute approximate surface area is 128 Å². The van der Waals surface area contributed by atoms with Gasteiger partial charge in [0.15, 0.2) is 5.75 Å². The monoisotopic (exact) mass is 357 g/mol. The summed E-state index contributed by atoms with van der Waals surface area (Å²) in [6.45, 7) is 0.427. The standard InChI is InChI=1S/C15H11BrF3NO/c16-10-6-4-9(5-7-10)13-8-20-12-3-1-2-11(14(12)21-13)15(17,18)19/h1-7,13,20H,8H2/t13-/m0/s1. The maximum atomic E-state index is 13.0. The molecule has 1 N–H and O–H groups in total. The van der Waals surface area contributed by atoms with E-state index in [4.69, 9.17) is 4.74 Å². The lowest BCUT2D eigenvalue weighted by Crippen LogP contribution is -2.25. The van der Waals surface area contributed by atoms with Gasteiger partial charge in [0.25, 0.3) is 0 Å². The summed E-state index contributed by atoms with van der Waals surface area (Å²) in [5.41, 5.74) is 0.445. The number of para-hydroxylation sites is 1. The van der Waals surface area contributed by atoms with Gasteiger partial charge in [0.2, 0.25) is 0 Å². The molecule has 0 spiro atoms. The summed E-state index contributed by atoms with van der Waals surface area (Å²) < 4.78 is 45.7. The number of halogens is 4. The van der Waals surface area contributed by atoms with Crippen LogP contribution in [0.5, 0.6) is 5.75 Å². The highest BCUT2D eigenvalue weighted by Crippen LogP contribution is 2.44. The van der Waals surface area contributed by atoms with Crippen LogP contribution in [-0.2, 0) is 6.18 Å². The van der Waals surface area contributed by atoms with Gasteiger partial charge < -0.3 is 10.1 Å². The van der Waals surface area contributed by atoms with Crippen LogP contribution >= 0.6 is 15.9 Å². The van der Waals surface area contributed by atoms with E-state index < -0.39 is 17.8 Å². The molecule has 1 aliphatic heterocycles. The number of anilines is 1. The van der Waals surface area contributed by atoms with Crippen molar-refractivity contribution < 1.29 is 17.9 Å². The van der Waals surface area contributed by atoms with Crippen molar-refractivity contribution in [1.29, 1.82) is 0 Å². The number of hydrogen-bond acceptors (Lipinski definition) is 2. The summed E-state index contributed by atoms with van der Waals surface area (Å²) in [5, 5.41) is 3.00. The van der Waals surface area contributed by atoms with E-state index >= 15 is 0 Å². The lowest BCUT2D eigenvalue weighted by Gasteiger charge is -2.29. The minimum atomic E-state index is -4.44. The fourth-order valence-electron chi connectivity index (χ4n) is 2.28. The van der Waals surface area contributed by atoms with Crippen LogP contribution in [0.4, 0.5) is 18.9 Å². The summed E-state index contributed by atoms with van der Waals surface area (Å²) in [5.74, 6) is -0.135. The number of benzene rings is 2. The second kappa shape index (κ2) is 5.26. The highest BCUT2D eigenvalue weighted by atomic mass is 79.9. The smallest absolute Gasteiger partial charge is 0.420 e. The molecule has 0 saturated heterocycles. The molecule has 21 heavy (non-hydrogen) atoms. The predicted molar refractivity (Wildman–Crippen MR) is 77.4 cm³/mol. The van der Waals surface area contributed by atoms with Gasteiger partial charge in [-0.15, -0.1) is 0 Å². The SMILES string of the molecule is FC(F)(F)c1cccc2c1O[C@H](c1ccc(Br)cc1)CN2. The fraction of sp³-hybridized carbons (Fsp3) is 0.200. The Kier molecular flexibility index (Phi) is 3.57. The third-order valence-electron chi connectivity index (χ3n) is 3.30. The number of ether oxygens (including phenoxy) is 1. The van der Waals surface area contributed by atoms with Crippen molar-refractivity contribution in [2.75, 3.05) is 11.9 Å². The fourth-order valence-corrected chi connectivity index (χ4v) is 2.54. The van der Waals surface area contributed by atoms with Crippen molar-refractivity contribution in [3.05, 3.63) is 58.1 Å². The largest absolute Gasteiger partial charge is 0.481 e. The number of hydrogen-bond donors (Lipinski definition) is 1. The van der Waals surface area contributed by atoms with Gasteiger partial charge in [-0.25, -0.2) is 0 Å². The van der Waals surface area contributed by atoms with E-state index in [-0.39, 0.29) is 5.75 Å². The van der Waals surface area contributed by atoms with Gasteiger partial charge in [-0.1, -0.05) is 34.1 Å². The lowest BCUT2D eigenvalue weighted by molar-refractivity contribution is -0.139. The molecule has 0 amide bonds. The zero-order chi connectivity index (χ0) is 15.0. The van der Waals surface area contributed by atoms with E-state index in [1.807, 2.05) is 24.3 Å². The maximum absolute atomic E-state index is 13.0. The highest BCUT2D eigenvalue weighted by Gasteiger charge is 2.37. The average molecular weight is 358 g/mol. The summed E-state index contributed by atoms with van der Waals surface area (Å²) in [4.78, 5) is 0. The van der Waals surface area contributed by atoms with Gasteiger partial charge in [-0.2, -0.15) is 13.2 Å². The zero-order valence-corrected chi connectivity index (χ0v) is 12.3. The van der Waals surface area contributed by atoms with E-state index in [2.05, 4.69) is 21.2 Å². The number of alkyl halides is 3. The molecule has 0 fully saturated rings. The van der Waals surface area contributed by atoms with Crippen LogP contribution in [0.1, 0.15) is 17.2 Å². The van der Waals surface area contributed by atoms with Gasteiger partial charge in [0, 0.05) is 4.47 Å². The van der Waals surface area contributed by atoms with Crippen molar-refractivity contribution in [3.8, 4) is 5.75 Å². The van der Waals surface area contributed by atoms with Crippen LogP contribution < -0.4 is 10.1 Å². The molecule has 0 bridgehead atoms. The first-order valence-electron chi connectivity index (χ1n) is 6.31. The van der Waals surface area contributed by atoms with Gasteiger partial charge in [0.05, 0.1) is 17.8 Å². The Morgan fingerprint density at radius 3 is 2.48 bits per heavy atom. The van der Waals surface area contributed by atoms with E-state index in [1.54, 1.807) is 6.07 Å². The van der Waals surface area contributed by atoms with Crippen LogP contribution in [0.2, 0.25) is 0 Å². The molecule has 2 nitrogen and oxygen atoms in total. The average Bonchev–Trinajstić information content (AvgIpc) is 2.46. The topological polar surface area (TPSA) is 21.3 Å². The first kappa shape index (κ1) is 14.3. The Morgan fingerprint density at radius 1 is 1.10 bits per heavy atom. The second-order valence-electron chi connectivity index (χ2n) is 4.72. The number of nitrogens with one attached hydrogen (secondary N) is 1. The van der Waals surface area contributed by atoms with Crippen LogP contribution in [0.25, 0.3) is 0 Å². The molecule has 0 aromatic heterocycles. The van der Waals surface area contributed by atoms with Crippen LogP contribution in [0.3, 0.4) is 0 Å². The predicted octanol–water partition coefficient (Wildman–Crippen LogP) is 5.01. The number of fused-ring (bicyclic) bond motifs is 1. The van der Waals surface area contributed by atoms with Gasteiger partial charge >= 0.3 is 6.18 Å². The molecule has 2 aromatic carbocycles.